The summed E-state index contributed by atoms with van der Waals surface area (Å²) in [5, 5.41) is 0. The minimum absolute atomic E-state index is 0.181. The highest BCUT2D eigenvalue weighted by Gasteiger charge is 2.29. The van der Waals surface area contributed by atoms with Crippen molar-refractivity contribution >= 4 is 27.3 Å². The van der Waals surface area contributed by atoms with Crippen LogP contribution in [0.4, 0.5) is 5.69 Å². The Morgan fingerprint density at radius 1 is 1.32 bits per heavy atom. The molecule has 0 aliphatic carbocycles. The van der Waals surface area contributed by atoms with Crippen molar-refractivity contribution in [1.82, 2.24) is 0 Å². The van der Waals surface area contributed by atoms with Crippen molar-refractivity contribution in [2.45, 2.75) is 26.2 Å². The van der Waals surface area contributed by atoms with Crippen LogP contribution in [0.2, 0.25) is 0 Å². The number of benzene rings is 1. The van der Waals surface area contributed by atoms with E-state index >= 15 is 0 Å². The number of anilines is 1. The lowest BCUT2D eigenvalue weighted by Crippen LogP contribution is -2.40. The van der Waals surface area contributed by atoms with Crippen molar-refractivity contribution in [3.05, 3.63) is 29.8 Å². The summed E-state index contributed by atoms with van der Waals surface area (Å²) in [6.07, 6.45) is 2.31. The predicted molar refractivity (Wildman–Crippen MR) is 80.4 cm³/mol. The Hall–Kier alpha value is -0.740. The van der Waals surface area contributed by atoms with Crippen LogP contribution in [0.3, 0.4) is 0 Å². The lowest BCUT2D eigenvalue weighted by Gasteiger charge is -2.33. The van der Waals surface area contributed by atoms with Crippen molar-refractivity contribution in [3.8, 4) is 0 Å². The van der Waals surface area contributed by atoms with E-state index in [1.165, 1.54) is 0 Å². The fraction of sp³-hybridized carbons (Fsp3) is 0.571. The Morgan fingerprint density at radius 3 is 2.79 bits per heavy atom. The Morgan fingerprint density at radius 2 is 2.05 bits per heavy atom. The minimum Gasteiger partial charge on any atom is -0.270 e. The van der Waals surface area contributed by atoms with Gasteiger partial charge in [-0.25, -0.2) is 8.42 Å². The van der Waals surface area contributed by atoms with Crippen LogP contribution < -0.4 is 4.31 Å². The summed E-state index contributed by atoms with van der Waals surface area (Å²) >= 11 is 5.61. The molecule has 2 rings (SSSR count). The van der Waals surface area contributed by atoms with Crippen molar-refractivity contribution in [1.29, 1.82) is 0 Å². The monoisotopic (exact) mass is 301 g/mol. The van der Waals surface area contributed by atoms with Crippen LogP contribution in [-0.2, 0) is 16.4 Å². The Balaban J connectivity index is 2.24. The number of unbranched alkanes of at least 4 members (excludes halogenated alkanes) is 1. The second-order valence-corrected chi connectivity index (χ2v) is 7.57. The van der Waals surface area contributed by atoms with Crippen LogP contribution in [-0.4, -0.2) is 26.6 Å². The molecular weight excluding hydrogens is 282 g/mol. The van der Waals surface area contributed by atoms with E-state index in [0.717, 1.165) is 24.1 Å². The summed E-state index contributed by atoms with van der Waals surface area (Å²) < 4.78 is 26.5. The molecule has 0 amide bonds. The van der Waals surface area contributed by atoms with Crippen molar-refractivity contribution in [2.75, 3.05) is 22.5 Å². The molecule has 1 unspecified atom stereocenters. The van der Waals surface area contributed by atoms with Crippen LogP contribution in [0.5, 0.6) is 0 Å². The fourth-order valence-corrected chi connectivity index (χ4v) is 4.44. The van der Waals surface area contributed by atoms with Gasteiger partial charge >= 0.3 is 0 Å². The maximum atomic E-state index is 12.5. The van der Waals surface area contributed by atoms with E-state index in [4.69, 9.17) is 11.6 Å². The Kier molecular flexibility index (Phi) is 4.74. The normalized spacial score (nSPS) is 19.3. The number of fused-ring (bicyclic) bond motifs is 1. The first kappa shape index (κ1) is 14.7. The molecule has 1 atom stereocenters. The highest BCUT2D eigenvalue weighted by atomic mass is 35.5. The lowest BCUT2D eigenvalue weighted by molar-refractivity contribution is 0.543. The molecule has 0 saturated heterocycles. The summed E-state index contributed by atoms with van der Waals surface area (Å²) in [5.41, 5.74) is 1.98. The van der Waals surface area contributed by atoms with E-state index in [1.54, 1.807) is 4.31 Å². The maximum Gasteiger partial charge on any atom is 0.235 e. The number of alkyl halides is 1. The van der Waals surface area contributed by atoms with Gasteiger partial charge in [-0.15, -0.1) is 11.6 Å². The average molecular weight is 302 g/mol. The van der Waals surface area contributed by atoms with Gasteiger partial charge in [0.15, 0.2) is 0 Å². The molecule has 1 aromatic carbocycles. The minimum atomic E-state index is -3.23. The number of sulfonamides is 1. The van der Waals surface area contributed by atoms with E-state index in [-0.39, 0.29) is 5.75 Å². The third kappa shape index (κ3) is 3.42. The molecule has 0 N–H and O–H groups in total. The molecule has 3 nitrogen and oxygen atoms in total. The molecule has 1 aromatic rings. The van der Waals surface area contributed by atoms with Crippen molar-refractivity contribution < 1.29 is 8.42 Å². The quantitative estimate of drug-likeness (QED) is 0.619. The van der Waals surface area contributed by atoms with Gasteiger partial charge in [-0.2, -0.15) is 0 Å². The van der Waals surface area contributed by atoms with Crippen LogP contribution in [0.25, 0.3) is 0 Å². The van der Waals surface area contributed by atoms with Crippen molar-refractivity contribution in [2.24, 2.45) is 5.92 Å². The zero-order chi connectivity index (χ0) is 13.9. The van der Waals surface area contributed by atoms with E-state index < -0.39 is 10.0 Å². The summed E-state index contributed by atoms with van der Waals surface area (Å²) in [4.78, 5) is 0. The standard InChI is InChI=1S/C14H20ClNO2S/c1-12-10-13-6-2-3-7-14(13)16(11-12)19(17,18)9-5-4-8-15/h2-3,6-7,12H,4-5,8-11H2,1H3. The van der Waals surface area contributed by atoms with E-state index in [9.17, 15) is 8.42 Å². The van der Waals surface area contributed by atoms with Gasteiger partial charge in [0, 0.05) is 12.4 Å². The molecule has 0 fully saturated rings. The van der Waals surface area contributed by atoms with Gasteiger partial charge in [-0.3, -0.25) is 4.31 Å². The molecule has 1 heterocycles. The second-order valence-electron chi connectivity index (χ2n) is 5.18. The van der Waals surface area contributed by atoms with Gasteiger partial charge in [0.05, 0.1) is 11.4 Å². The Bertz CT molecular complexity index is 530. The van der Waals surface area contributed by atoms with E-state index in [0.29, 0.717) is 24.8 Å². The third-order valence-electron chi connectivity index (χ3n) is 3.43. The molecule has 0 saturated carbocycles. The molecule has 1 aliphatic rings. The molecule has 1 aliphatic heterocycles. The number of hydrogen-bond acceptors (Lipinski definition) is 2. The molecular formula is C14H20ClNO2S. The zero-order valence-electron chi connectivity index (χ0n) is 11.2. The molecule has 0 spiro atoms. The molecule has 0 radical (unpaired) electrons. The maximum absolute atomic E-state index is 12.5. The van der Waals surface area contributed by atoms with Crippen LogP contribution in [0.1, 0.15) is 25.3 Å². The molecule has 19 heavy (non-hydrogen) atoms. The largest absolute Gasteiger partial charge is 0.270 e. The van der Waals surface area contributed by atoms with Gasteiger partial charge in [0.1, 0.15) is 0 Å². The van der Waals surface area contributed by atoms with Gasteiger partial charge in [0.2, 0.25) is 10.0 Å². The first-order chi connectivity index (χ1) is 9.04. The summed E-state index contributed by atoms with van der Waals surface area (Å²) in [6.45, 7) is 2.68. The summed E-state index contributed by atoms with van der Waals surface area (Å²) in [7, 11) is -3.23. The number of halogens is 1. The van der Waals surface area contributed by atoms with Crippen LogP contribution >= 0.6 is 11.6 Å². The highest BCUT2D eigenvalue weighted by Crippen LogP contribution is 2.31. The number of rotatable bonds is 5. The SMILES string of the molecule is CC1Cc2ccccc2N(S(=O)(=O)CCCCCl)C1. The highest BCUT2D eigenvalue weighted by molar-refractivity contribution is 7.92. The van der Waals surface area contributed by atoms with Crippen LogP contribution in [0, 0.1) is 5.92 Å². The predicted octanol–water partition coefficient (Wildman–Crippen LogP) is 3.03. The molecule has 0 aromatic heterocycles. The van der Waals surface area contributed by atoms with Crippen molar-refractivity contribution in [3.63, 3.8) is 0 Å². The van der Waals surface area contributed by atoms with E-state index in [2.05, 4.69) is 6.92 Å². The van der Waals surface area contributed by atoms with Gasteiger partial charge in [-0.1, -0.05) is 25.1 Å². The number of para-hydroxylation sites is 1. The first-order valence-corrected chi connectivity index (χ1v) is 8.83. The summed E-state index contributed by atoms with van der Waals surface area (Å²) in [5.74, 6) is 1.06. The summed E-state index contributed by atoms with van der Waals surface area (Å²) in [6, 6.07) is 7.79. The average Bonchev–Trinajstić information content (AvgIpc) is 2.38. The smallest absolute Gasteiger partial charge is 0.235 e. The van der Waals surface area contributed by atoms with Gasteiger partial charge in [0.25, 0.3) is 0 Å². The molecule has 5 heteroatoms. The van der Waals surface area contributed by atoms with E-state index in [1.807, 2.05) is 24.3 Å². The third-order valence-corrected chi connectivity index (χ3v) is 5.52. The number of hydrogen-bond donors (Lipinski definition) is 0. The van der Waals surface area contributed by atoms with Gasteiger partial charge in [-0.05, 0) is 36.8 Å². The molecule has 0 bridgehead atoms. The number of nitrogens with zero attached hydrogens (tertiary/aromatic N) is 1. The van der Waals surface area contributed by atoms with Gasteiger partial charge < -0.3 is 0 Å². The molecule has 106 valence electrons. The topological polar surface area (TPSA) is 37.4 Å². The Labute approximate surface area is 120 Å². The second kappa shape index (κ2) is 6.14. The zero-order valence-corrected chi connectivity index (χ0v) is 12.8. The first-order valence-electron chi connectivity index (χ1n) is 6.69. The van der Waals surface area contributed by atoms with Crippen LogP contribution in [0.15, 0.2) is 24.3 Å². The lowest BCUT2D eigenvalue weighted by atomic mass is 9.96. The fourth-order valence-electron chi connectivity index (χ4n) is 2.50.